The maximum Gasteiger partial charge on any atom is 0.224 e. The fraction of sp³-hybridized carbons (Fsp3) is 0.484. The van der Waals surface area contributed by atoms with Crippen molar-refractivity contribution in [2.75, 3.05) is 6.54 Å². The maximum absolute atomic E-state index is 12.2. The molecule has 5 nitrogen and oxygen atoms in total. The molecule has 2 aromatic rings. The quantitative estimate of drug-likeness (QED) is 0.322. The van der Waals surface area contributed by atoms with Gasteiger partial charge in [0.25, 0.3) is 0 Å². The monoisotopic (exact) mass is 493 g/mol. The highest BCUT2D eigenvalue weighted by Gasteiger charge is 2.12. The molecule has 0 saturated carbocycles. The fourth-order valence-electron chi connectivity index (χ4n) is 3.68. The van der Waals surface area contributed by atoms with Crippen LogP contribution in [0.1, 0.15) is 93.8 Å². The number of carbonyl (C=O) groups is 4. The van der Waals surface area contributed by atoms with E-state index < -0.39 is 0 Å². The average Bonchev–Trinajstić information content (AvgIpc) is 2.87. The van der Waals surface area contributed by atoms with Crippen molar-refractivity contribution in [1.82, 2.24) is 5.32 Å². The van der Waals surface area contributed by atoms with E-state index in [1.165, 1.54) is 5.56 Å². The fourth-order valence-corrected chi connectivity index (χ4v) is 3.68. The zero-order valence-electron chi connectivity index (χ0n) is 22.7. The summed E-state index contributed by atoms with van der Waals surface area (Å²) in [6.07, 6.45) is 5.26. The zero-order valence-corrected chi connectivity index (χ0v) is 22.7. The minimum absolute atomic E-state index is 0.0191. The van der Waals surface area contributed by atoms with Crippen molar-refractivity contribution in [1.29, 1.82) is 0 Å². The van der Waals surface area contributed by atoms with Gasteiger partial charge < -0.3 is 5.32 Å². The van der Waals surface area contributed by atoms with Crippen molar-refractivity contribution in [3.05, 3.63) is 70.8 Å². The highest BCUT2D eigenvalue weighted by atomic mass is 16.2. The van der Waals surface area contributed by atoms with Crippen LogP contribution in [0.4, 0.5) is 0 Å². The SMILES string of the molecule is CCC(=O)CCC(C)C(C)=O.CCCC(=O)c1ccc(CC(=O)NCCc2ccccc2)cc1CC. The van der Waals surface area contributed by atoms with E-state index in [9.17, 15) is 19.2 Å². The summed E-state index contributed by atoms with van der Waals surface area (Å²) in [5, 5.41) is 2.97. The summed E-state index contributed by atoms with van der Waals surface area (Å²) in [7, 11) is 0. The van der Waals surface area contributed by atoms with Crippen molar-refractivity contribution >= 4 is 23.3 Å². The summed E-state index contributed by atoms with van der Waals surface area (Å²) in [5.41, 5.74) is 4.02. The van der Waals surface area contributed by atoms with Gasteiger partial charge in [0.2, 0.25) is 5.91 Å². The minimum atomic E-state index is 0.0191. The van der Waals surface area contributed by atoms with E-state index in [4.69, 9.17) is 0 Å². The van der Waals surface area contributed by atoms with Crippen molar-refractivity contribution in [2.24, 2.45) is 5.92 Å². The Bertz CT molecular complexity index is 981. The van der Waals surface area contributed by atoms with Crippen molar-refractivity contribution in [3.8, 4) is 0 Å². The molecule has 0 aliphatic carbocycles. The second kappa shape index (κ2) is 17.4. The molecule has 0 bridgehead atoms. The molecule has 0 radical (unpaired) electrons. The van der Waals surface area contributed by atoms with E-state index in [2.05, 4.69) is 17.4 Å². The van der Waals surface area contributed by atoms with Crippen LogP contribution < -0.4 is 5.32 Å². The Morgan fingerprint density at radius 1 is 0.889 bits per heavy atom. The maximum atomic E-state index is 12.2. The van der Waals surface area contributed by atoms with E-state index in [0.717, 1.165) is 36.0 Å². The standard InChI is InChI=1S/C22H27NO2.C9H16O2/c1-3-8-21(24)20-12-11-18(15-19(20)4-2)16-22(25)23-14-13-17-9-6-5-7-10-17;1-4-9(11)6-5-7(2)8(3)10/h5-7,9-12,15H,3-4,8,13-14,16H2,1-2H3,(H,23,25);7H,4-6H2,1-3H3. The first-order valence-corrected chi connectivity index (χ1v) is 13.2. The van der Waals surface area contributed by atoms with Crippen molar-refractivity contribution in [2.45, 2.75) is 86.0 Å². The zero-order chi connectivity index (χ0) is 26.9. The number of hydrogen-bond acceptors (Lipinski definition) is 4. The first-order valence-electron chi connectivity index (χ1n) is 13.2. The number of hydrogen-bond donors (Lipinski definition) is 1. The van der Waals surface area contributed by atoms with Gasteiger partial charge in [0.15, 0.2) is 5.78 Å². The molecular weight excluding hydrogens is 450 g/mol. The van der Waals surface area contributed by atoms with Gasteiger partial charge in [0.05, 0.1) is 6.42 Å². The highest BCUT2D eigenvalue weighted by molar-refractivity contribution is 5.97. The number of amides is 1. The molecule has 0 heterocycles. The third-order valence-electron chi connectivity index (χ3n) is 6.22. The Morgan fingerprint density at radius 2 is 1.58 bits per heavy atom. The van der Waals surface area contributed by atoms with Gasteiger partial charge in [-0.05, 0) is 49.3 Å². The van der Waals surface area contributed by atoms with Crippen LogP contribution in [0.2, 0.25) is 0 Å². The van der Waals surface area contributed by atoms with Gasteiger partial charge >= 0.3 is 0 Å². The van der Waals surface area contributed by atoms with Gasteiger partial charge in [-0.25, -0.2) is 0 Å². The van der Waals surface area contributed by atoms with E-state index in [1.807, 2.05) is 64.1 Å². The molecule has 1 atom stereocenters. The summed E-state index contributed by atoms with van der Waals surface area (Å²) in [6.45, 7) is 9.98. The number of carbonyl (C=O) groups excluding carboxylic acids is 4. The molecule has 2 rings (SSSR count). The number of Topliss-reactive ketones (excluding diaryl/α,β-unsaturated/α-hetero) is 3. The van der Waals surface area contributed by atoms with Crippen LogP contribution in [0.5, 0.6) is 0 Å². The lowest BCUT2D eigenvalue weighted by Crippen LogP contribution is -2.27. The van der Waals surface area contributed by atoms with Crippen LogP contribution in [-0.4, -0.2) is 29.8 Å². The largest absolute Gasteiger partial charge is 0.355 e. The predicted molar refractivity (Wildman–Crippen MR) is 146 cm³/mol. The number of nitrogens with one attached hydrogen (secondary N) is 1. The Kier molecular flexibility index (Phi) is 14.9. The van der Waals surface area contributed by atoms with Crippen LogP contribution in [0.3, 0.4) is 0 Å². The molecule has 0 aromatic heterocycles. The van der Waals surface area contributed by atoms with Crippen LogP contribution in [0, 0.1) is 5.92 Å². The smallest absolute Gasteiger partial charge is 0.224 e. The summed E-state index contributed by atoms with van der Waals surface area (Å²) in [5.74, 6) is 0.682. The van der Waals surface area contributed by atoms with E-state index >= 15 is 0 Å². The van der Waals surface area contributed by atoms with Gasteiger partial charge in [0.1, 0.15) is 11.6 Å². The molecule has 36 heavy (non-hydrogen) atoms. The lowest BCUT2D eigenvalue weighted by molar-refractivity contribution is -0.122. The van der Waals surface area contributed by atoms with E-state index in [0.29, 0.717) is 38.6 Å². The molecule has 1 unspecified atom stereocenters. The summed E-state index contributed by atoms with van der Waals surface area (Å²) in [6, 6.07) is 15.9. The topological polar surface area (TPSA) is 80.3 Å². The molecule has 0 aliphatic heterocycles. The molecular formula is C31H43NO4. The van der Waals surface area contributed by atoms with E-state index in [-0.39, 0.29) is 29.2 Å². The summed E-state index contributed by atoms with van der Waals surface area (Å²) < 4.78 is 0. The van der Waals surface area contributed by atoms with Gasteiger partial charge in [-0.2, -0.15) is 0 Å². The summed E-state index contributed by atoms with van der Waals surface area (Å²) >= 11 is 0. The third-order valence-corrected chi connectivity index (χ3v) is 6.22. The first kappa shape index (κ1) is 31.0. The van der Waals surface area contributed by atoms with Crippen molar-refractivity contribution < 1.29 is 19.2 Å². The molecule has 5 heteroatoms. The summed E-state index contributed by atoms with van der Waals surface area (Å²) in [4.78, 5) is 45.9. The molecule has 0 spiro atoms. The van der Waals surface area contributed by atoms with Crippen LogP contribution in [-0.2, 0) is 33.6 Å². The van der Waals surface area contributed by atoms with Gasteiger partial charge in [-0.3, -0.25) is 19.2 Å². The third kappa shape index (κ3) is 12.1. The molecule has 0 saturated heterocycles. The molecule has 2 aromatic carbocycles. The minimum Gasteiger partial charge on any atom is -0.355 e. The molecule has 1 amide bonds. The Morgan fingerprint density at radius 3 is 2.17 bits per heavy atom. The second-order valence-corrected chi connectivity index (χ2v) is 9.22. The van der Waals surface area contributed by atoms with Gasteiger partial charge in [0, 0.05) is 37.3 Å². The van der Waals surface area contributed by atoms with Crippen LogP contribution >= 0.6 is 0 Å². The number of rotatable bonds is 14. The van der Waals surface area contributed by atoms with Crippen molar-refractivity contribution in [3.63, 3.8) is 0 Å². The first-order chi connectivity index (χ1) is 17.2. The Labute approximate surface area is 217 Å². The lowest BCUT2D eigenvalue weighted by Gasteiger charge is -2.10. The number of benzene rings is 2. The Hall–Kier alpha value is -3.08. The molecule has 0 aliphatic rings. The van der Waals surface area contributed by atoms with Crippen LogP contribution in [0.15, 0.2) is 48.5 Å². The lowest BCUT2D eigenvalue weighted by atomic mass is 9.96. The normalized spacial score (nSPS) is 11.1. The second-order valence-electron chi connectivity index (χ2n) is 9.22. The molecule has 196 valence electrons. The molecule has 1 N–H and O–H groups in total. The van der Waals surface area contributed by atoms with E-state index in [1.54, 1.807) is 6.92 Å². The van der Waals surface area contributed by atoms with Gasteiger partial charge in [-0.1, -0.05) is 76.2 Å². The molecule has 0 fully saturated rings. The average molecular weight is 494 g/mol. The predicted octanol–water partition coefficient (Wildman–Crippen LogP) is 6.10. The Balaban J connectivity index is 0.000000497. The van der Waals surface area contributed by atoms with Gasteiger partial charge in [-0.15, -0.1) is 0 Å². The highest BCUT2D eigenvalue weighted by Crippen LogP contribution is 2.16. The number of ketones is 3. The number of aryl methyl sites for hydroxylation is 1. The van der Waals surface area contributed by atoms with Crippen LogP contribution in [0.25, 0.3) is 0 Å².